The quantitative estimate of drug-likeness (QED) is 0.633. The predicted octanol–water partition coefficient (Wildman–Crippen LogP) is 1.33. The molecule has 1 aliphatic heterocycles. The van der Waals surface area contributed by atoms with E-state index >= 15 is 0 Å². The third-order valence-corrected chi connectivity index (χ3v) is 1.88. The van der Waals surface area contributed by atoms with E-state index in [-0.39, 0.29) is 5.91 Å². The Morgan fingerprint density at radius 1 is 1.42 bits per heavy atom. The summed E-state index contributed by atoms with van der Waals surface area (Å²) in [7, 11) is 0. The molecule has 0 fully saturated rings. The number of fused-ring (bicyclic) bond motifs is 1. The maximum Gasteiger partial charge on any atom is 0.251 e. The lowest BCUT2D eigenvalue weighted by molar-refractivity contribution is 0.0966. The number of rotatable bonds is 1. The molecule has 0 saturated heterocycles. The minimum absolute atomic E-state index is 0.129. The molecule has 1 heterocycles. The van der Waals surface area contributed by atoms with Crippen molar-refractivity contribution in [1.29, 1.82) is 0 Å². The zero-order valence-electron chi connectivity index (χ0n) is 6.20. The van der Waals surface area contributed by atoms with Crippen LogP contribution in [0.25, 0.3) is 0 Å². The number of hydrogen-bond acceptors (Lipinski definition) is 3. The van der Waals surface area contributed by atoms with E-state index in [9.17, 15) is 9.70 Å². The van der Waals surface area contributed by atoms with Crippen LogP contribution in [0.4, 0.5) is 5.69 Å². The van der Waals surface area contributed by atoms with Crippen LogP contribution in [0.5, 0.6) is 0 Å². The molecule has 1 amide bonds. The zero-order chi connectivity index (χ0) is 8.55. The van der Waals surface area contributed by atoms with Crippen LogP contribution in [0, 0.1) is 4.91 Å². The Hall–Kier alpha value is -1.71. The van der Waals surface area contributed by atoms with Gasteiger partial charge < -0.3 is 5.32 Å². The van der Waals surface area contributed by atoms with E-state index in [1.54, 1.807) is 12.1 Å². The van der Waals surface area contributed by atoms with Crippen LogP contribution in [-0.4, -0.2) is 5.91 Å². The summed E-state index contributed by atoms with van der Waals surface area (Å²) in [5.74, 6) is -0.129. The summed E-state index contributed by atoms with van der Waals surface area (Å²) in [6.07, 6.45) is 0. The molecule has 0 unspecified atom stereocenters. The Morgan fingerprint density at radius 2 is 2.25 bits per heavy atom. The number of amides is 1. The molecule has 4 heteroatoms. The second-order valence-electron chi connectivity index (χ2n) is 2.62. The molecule has 0 bridgehead atoms. The maximum atomic E-state index is 11.1. The normalized spacial score (nSPS) is 13.8. The topological polar surface area (TPSA) is 58.5 Å². The Kier molecular flexibility index (Phi) is 1.40. The van der Waals surface area contributed by atoms with Crippen LogP contribution in [0.3, 0.4) is 0 Å². The van der Waals surface area contributed by atoms with E-state index in [2.05, 4.69) is 10.5 Å². The van der Waals surface area contributed by atoms with Gasteiger partial charge in [0.2, 0.25) is 0 Å². The molecule has 1 N–H and O–H groups in total. The first-order valence-electron chi connectivity index (χ1n) is 3.56. The maximum absolute atomic E-state index is 11.1. The van der Waals surface area contributed by atoms with Gasteiger partial charge >= 0.3 is 0 Å². The monoisotopic (exact) mass is 162 g/mol. The van der Waals surface area contributed by atoms with Gasteiger partial charge in [-0.2, -0.15) is 0 Å². The lowest BCUT2D eigenvalue weighted by Gasteiger charge is -1.93. The van der Waals surface area contributed by atoms with Crippen molar-refractivity contribution in [2.24, 2.45) is 5.18 Å². The van der Waals surface area contributed by atoms with Crippen LogP contribution in [0.15, 0.2) is 23.4 Å². The minimum atomic E-state index is -0.129. The van der Waals surface area contributed by atoms with Gasteiger partial charge in [-0.1, -0.05) is 6.07 Å². The highest BCUT2D eigenvalue weighted by molar-refractivity contribution is 5.99. The molecule has 12 heavy (non-hydrogen) atoms. The van der Waals surface area contributed by atoms with Crippen LogP contribution >= 0.6 is 0 Å². The molecule has 0 saturated carbocycles. The van der Waals surface area contributed by atoms with Crippen molar-refractivity contribution >= 4 is 11.6 Å². The molecule has 0 spiro atoms. The fourth-order valence-electron chi connectivity index (χ4n) is 1.26. The number of benzene rings is 1. The summed E-state index contributed by atoms with van der Waals surface area (Å²) in [6.45, 7) is 0.549. The fourth-order valence-corrected chi connectivity index (χ4v) is 1.26. The first kappa shape index (κ1) is 6.97. The molecule has 0 aliphatic carbocycles. The Bertz CT molecular complexity index is 360. The van der Waals surface area contributed by atoms with Gasteiger partial charge in [0.15, 0.2) is 0 Å². The summed E-state index contributed by atoms with van der Waals surface area (Å²) in [5, 5.41) is 5.41. The van der Waals surface area contributed by atoms with Gasteiger partial charge in [0.25, 0.3) is 5.91 Å². The standard InChI is InChI=1S/C8H6N2O2/c11-8-7-3-6(10-12)2-1-5(7)4-9-8/h1-3H,4H2,(H,9,11). The summed E-state index contributed by atoms with van der Waals surface area (Å²) in [5.41, 5.74) is 1.78. The summed E-state index contributed by atoms with van der Waals surface area (Å²) < 4.78 is 0. The van der Waals surface area contributed by atoms with E-state index in [0.29, 0.717) is 17.8 Å². The lowest BCUT2D eigenvalue weighted by atomic mass is 10.1. The van der Waals surface area contributed by atoms with Crippen molar-refractivity contribution in [2.45, 2.75) is 6.54 Å². The van der Waals surface area contributed by atoms with Crippen molar-refractivity contribution < 1.29 is 4.79 Å². The molecule has 60 valence electrons. The van der Waals surface area contributed by atoms with E-state index < -0.39 is 0 Å². The molecule has 1 aromatic carbocycles. The van der Waals surface area contributed by atoms with Crippen molar-refractivity contribution in [1.82, 2.24) is 5.32 Å². The summed E-state index contributed by atoms with van der Waals surface area (Å²) in [4.78, 5) is 21.2. The first-order valence-corrected chi connectivity index (χ1v) is 3.56. The molecular weight excluding hydrogens is 156 g/mol. The van der Waals surface area contributed by atoms with Crippen molar-refractivity contribution in [3.63, 3.8) is 0 Å². The Morgan fingerprint density at radius 3 is 3.00 bits per heavy atom. The first-order chi connectivity index (χ1) is 5.81. The third kappa shape index (κ3) is 0.887. The van der Waals surface area contributed by atoms with Gasteiger partial charge in [0.05, 0.1) is 0 Å². The number of carbonyl (C=O) groups excluding carboxylic acids is 1. The van der Waals surface area contributed by atoms with Gasteiger partial charge in [0, 0.05) is 12.1 Å². The third-order valence-electron chi connectivity index (χ3n) is 1.88. The van der Waals surface area contributed by atoms with Crippen LogP contribution in [-0.2, 0) is 6.54 Å². The number of hydrogen-bond donors (Lipinski definition) is 1. The highest BCUT2D eigenvalue weighted by Gasteiger charge is 2.18. The van der Waals surface area contributed by atoms with E-state index in [1.807, 2.05) is 0 Å². The summed E-state index contributed by atoms with van der Waals surface area (Å²) in [6, 6.07) is 4.85. The number of nitroso groups, excluding NO2 is 1. The lowest BCUT2D eigenvalue weighted by Crippen LogP contribution is -2.12. The molecule has 1 aromatic rings. The largest absolute Gasteiger partial charge is 0.348 e. The van der Waals surface area contributed by atoms with Crippen molar-refractivity contribution in [2.75, 3.05) is 0 Å². The summed E-state index contributed by atoms with van der Waals surface area (Å²) >= 11 is 0. The van der Waals surface area contributed by atoms with Crippen molar-refractivity contribution in [3.05, 3.63) is 34.2 Å². The molecular formula is C8H6N2O2. The van der Waals surface area contributed by atoms with Gasteiger partial charge in [-0.3, -0.25) is 4.79 Å². The SMILES string of the molecule is O=Nc1ccc2c(c1)C(=O)NC2. The smallest absolute Gasteiger partial charge is 0.251 e. The second-order valence-corrected chi connectivity index (χ2v) is 2.62. The number of carbonyl (C=O) groups is 1. The van der Waals surface area contributed by atoms with Gasteiger partial charge in [0.1, 0.15) is 5.69 Å². The predicted molar refractivity (Wildman–Crippen MR) is 43.1 cm³/mol. The fraction of sp³-hybridized carbons (Fsp3) is 0.125. The molecule has 1 aliphatic rings. The number of nitrogens with zero attached hydrogens (tertiary/aromatic N) is 1. The minimum Gasteiger partial charge on any atom is -0.348 e. The average Bonchev–Trinajstić information content (AvgIpc) is 2.47. The highest BCUT2D eigenvalue weighted by Crippen LogP contribution is 2.21. The van der Waals surface area contributed by atoms with Gasteiger partial charge in [-0.05, 0) is 22.9 Å². The molecule has 0 aromatic heterocycles. The zero-order valence-corrected chi connectivity index (χ0v) is 6.20. The average molecular weight is 162 g/mol. The van der Waals surface area contributed by atoms with E-state index in [1.165, 1.54) is 6.07 Å². The molecule has 4 nitrogen and oxygen atoms in total. The van der Waals surface area contributed by atoms with E-state index in [0.717, 1.165) is 5.56 Å². The molecule has 0 radical (unpaired) electrons. The molecule has 0 atom stereocenters. The van der Waals surface area contributed by atoms with Crippen LogP contribution in [0.1, 0.15) is 15.9 Å². The Balaban J connectivity index is 2.57. The van der Waals surface area contributed by atoms with Gasteiger partial charge in [-0.25, -0.2) is 0 Å². The van der Waals surface area contributed by atoms with E-state index in [4.69, 9.17) is 0 Å². The van der Waals surface area contributed by atoms with Crippen LogP contribution in [0.2, 0.25) is 0 Å². The van der Waals surface area contributed by atoms with Gasteiger partial charge in [-0.15, -0.1) is 4.91 Å². The second kappa shape index (κ2) is 2.41. The highest BCUT2D eigenvalue weighted by atomic mass is 16.3. The van der Waals surface area contributed by atoms with Crippen molar-refractivity contribution in [3.8, 4) is 0 Å². The number of nitrogens with one attached hydrogen (secondary N) is 1. The molecule has 2 rings (SSSR count). The van der Waals surface area contributed by atoms with Crippen LogP contribution < -0.4 is 5.32 Å². The Labute approximate surface area is 68.6 Å².